The van der Waals surface area contributed by atoms with Crippen LogP contribution >= 0.6 is 11.6 Å². The zero-order chi connectivity index (χ0) is 26.7. The van der Waals surface area contributed by atoms with Crippen molar-refractivity contribution in [3.05, 3.63) is 127 Å². The summed E-state index contributed by atoms with van der Waals surface area (Å²) in [7, 11) is 0. The van der Waals surface area contributed by atoms with Crippen LogP contribution < -0.4 is 16.6 Å². The van der Waals surface area contributed by atoms with Gasteiger partial charge in [-0.1, -0.05) is 35.9 Å². The molecule has 0 radical (unpaired) electrons. The first-order chi connectivity index (χ1) is 17.5. The van der Waals surface area contributed by atoms with Gasteiger partial charge in [-0.05, 0) is 59.7 Å². The Bertz CT molecular complexity index is 1560. The molecule has 12 heteroatoms. The molecule has 0 saturated heterocycles. The summed E-state index contributed by atoms with van der Waals surface area (Å²) in [5.41, 5.74) is -2.68. The molecule has 4 rings (SSSR count). The van der Waals surface area contributed by atoms with Gasteiger partial charge in [0.05, 0.1) is 17.8 Å². The Labute approximate surface area is 211 Å². The molecule has 0 unspecified atom stereocenters. The fourth-order valence-corrected chi connectivity index (χ4v) is 3.57. The lowest BCUT2D eigenvalue weighted by Gasteiger charge is -2.13. The summed E-state index contributed by atoms with van der Waals surface area (Å²) < 4.78 is 53.7. The van der Waals surface area contributed by atoms with E-state index in [9.17, 15) is 31.9 Å². The highest BCUT2D eigenvalue weighted by Gasteiger charge is 2.30. The number of carbonyl (C=O) groups excluding carboxylic acids is 1. The SMILES string of the molecule is O=C(NCc1cccc(F)c1)c1nn(-c2ccc(Cl)cc2)c(=O)n(Cc2ccc(C(F)(F)F)cc2)c1=O. The average Bonchev–Trinajstić information content (AvgIpc) is 2.86. The molecule has 0 aliphatic carbocycles. The standard InChI is InChI=1S/C25H17ClF4N4O3/c26-18-8-10-20(11-9-18)34-24(37)33(14-15-4-6-17(7-5-15)25(28,29)30)23(36)21(32-34)22(35)31-13-16-2-1-3-19(27)12-16/h1-12H,13-14H2,(H,31,35). The van der Waals surface area contributed by atoms with Gasteiger partial charge in [-0.3, -0.25) is 14.2 Å². The van der Waals surface area contributed by atoms with Crippen molar-refractivity contribution in [2.24, 2.45) is 0 Å². The Morgan fingerprint density at radius 1 is 0.946 bits per heavy atom. The smallest absolute Gasteiger partial charge is 0.346 e. The lowest BCUT2D eigenvalue weighted by Crippen LogP contribution is -2.46. The second-order valence-corrected chi connectivity index (χ2v) is 8.35. The number of rotatable bonds is 6. The van der Waals surface area contributed by atoms with E-state index in [0.717, 1.165) is 28.9 Å². The van der Waals surface area contributed by atoms with E-state index in [1.165, 1.54) is 42.5 Å². The van der Waals surface area contributed by atoms with Crippen molar-refractivity contribution in [2.45, 2.75) is 19.3 Å². The van der Waals surface area contributed by atoms with E-state index in [1.54, 1.807) is 6.07 Å². The monoisotopic (exact) mass is 532 g/mol. The fourth-order valence-electron chi connectivity index (χ4n) is 3.44. The van der Waals surface area contributed by atoms with Crippen LogP contribution in [0.4, 0.5) is 17.6 Å². The van der Waals surface area contributed by atoms with Crippen molar-refractivity contribution in [1.29, 1.82) is 0 Å². The van der Waals surface area contributed by atoms with Crippen LogP contribution in [0, 0.1) is 5.82 Å². The number of nitrogens with one attached hydrogen (secondary N) is 1. The molecule has 0 atom stereocenters. The highest BCUT2D eigenvalue weighted by molar-refractivity contribution is 6.30. The lowest BCUT2D eigenvalue weighted by molar-refractivity contribution is -0.137. The van der Waals surface area contributed by atoms with Gasteiger partial charge in [-0.15, -0.1) is 0 Å². The van der Waals surface area contributed by atoms with Gasteiger partial charge in [-0.2, -0.15) is 23.0 Å². The Morgan fingerprint density at radius 3 is 2.24 bits per heavy atom. The number of aromatic nitrogens is 3. The first-order valence-corrected chi connectivity index (χ1v) is 11.1. The van der Waals surface area contributed by atoms with E-state index in [1.807, 2.05) is 0 Å². The third kappa shape index (κ3) is 5.95. The second kappa shape index (κ2) is 10.4. The molecule has 0 aliphatic heterocycles. The molecule has 37 heavy (non-hydrogen) atoms. The Kier molecular flexibility index (Phi) is 7.25. The molecule has 1 N–H and O–H groups in total. The molecule has 7 nitrogen and oxygen atoms in total. The van der Waals surface area contributed by atoms with Crippen LogP contribution in [0.25, 0.3) is 5.69 Å². The number of alkyl halides is 3. The summed E-state index contributed by atoms with van der Waals surface area (Å²) >= 11 is 5.91. The number of amides is 1. The van der Waals surface area contributed by atoms with Crippen LogP contribution in [0.15, 0.2) is 82.4 Å². The van der Waals surface area contributed by atoms with E-state index < -0.39 is 47.0 Å². The Hall–Kier alpha value is -4.25. The summed E-state index contributed by atoms with van der Waals surface area (Å²) in [6, 6.07) is 15.2. The molecule has 3 aromatic carbocycles. The molecular formula is C25H17ClF4N4O3. The largest absolute Gasteiger partial charge is 0.416 e. The first-order valence-electron chi connectivity index (χ1n) is 10.7. The summed E-state index contributed by atoms with van der Waals surface area (Å²) in [5, 5.41) is 6.77. The van der Waals surface area contributed by atoms with Gasteiger partial charge in [-0.25, -0.2) is 9.18 Å². The van der Waals surface area contributed by atoms with Gasteiger partial charge in [0.2, 0.25) is 5.69 Å². The van der Waals surface area contributed by atoms with Crippen molar-refractivity contribution in [3.8, 4) is 5.69 Å². The van der Waals surface area contributed by atoms with Crippen LogP contribution in [0.2, 0.25) is 5.02 Å². The zero-order valence-corrected chi connectivity index (χ0v) is 19.6. The van der Waals surface area contributed by atoms with Gasteiger partial charge < -0.3 is 5.32 Å². The molecule has 4 aromatic rings. The Morgan fingerprint density at radius 2 is 1.62 bits per heavy atom. The van der Waals surface area contributed by atoms with E-state index >= 15 is 0 Å². The molecule has 1 aromatic heterocycles. The number of hydrogen-bond donors (Lipinski definition) is 1. The van der Waals surface area contributed by atoms with E-state index in [4.69, 9.17) is 11.6 Å². The number of halogens is 5. The maximum absolute atomic E-state index is 13.5. The minimum atomic E-state index is -4.56. The number of benzene rings is 3. The molecule has 0 saturated carbocycles. The summed E-state index contributed by atoms with van der Waals surface area (Å²) in [6.07, 6.45) is -4.56. The predicted molar refractivity (Wildman–Crippen MR) is 127 cm³/mol. The van der Waals surface area contributed by atoms with Crippen LogP contribution in [-0.2, 0) is 19.3 Å². The second-order valence-electron chi connectivity index (χ2n) is 7.92. The predicted octanol–water partition coefficient (Wildman–Crippen LogP) is 4.18. The van der Waals surface area contributed by atoms with Gasteiger partial charge >= 0.3 is 11.9 Å². The maximum Gasteiger partial charge on any atom is 0.416 e. The minimum absolute atomic E-state index is 0.128. The number of hydrogen-bond acceptors (Lipinski definition) is 4. The van der Waals surface area contributed by atoms with Crippen molar-refractivity contribution >= 4 is 17.5 Å². The molecule has 1 amide bonds. The van der Waals surface area contributed by atoms with E-state index in [2.05, 4.69) is 10.4 Å². The molecular weight excluding hydrogens is 516 g/mol. The van der Waals surface area contributed by atoms with Gasteiger partial charge in [0.1, 0.15) is 5.82 Å². The summed E-state index contributed by atoms with van der Waals surface area (Å²) in [4.78, 5) is 39.2. The van der Waals surface area contributed by atoms with Crippen LogP contribution in [-0.4, -0.2) is 20.3 Å². The molecule has 0 spiro atoms. The van der Waals surface area contributed by atoms with Crippen molar-refractivity contribution in [3.63, 3.8) is 0 Å². The zero-order valence-electron chi connectivity index (χ0n) is 18.8. The van der Waals surface area contributed by atoms with Gasteiger partial charge in [0.25, 0.3) is 11.5 Å². The van der Waals surface area contributed by atoms with Gasteiger partial charge in [0.15, 0.2) is 0 Å². The van der Waals surface area contributed by atoms with Crippen molar-refractivity contribution in [2.75, 3.05) is 0 Å². The molecule has 190 valence electrons. The van der Waals surface area contributed by atoms with E-state index in [-0.39, 0.29) is 17.8 Å². The molecule has 1 heterocycles. The van der Waals surface area contributed by atoms with Crippen LogP contribution in [0.3, 0.4) is 0 Å². The van der Waals surface area contributed by atoms with Gasteiger partial charge in [0, 0.05) is 11.6 Å². The Balaban J connectivity index is 1.75. The molecule has 0 aliphatic rings. The maximum atomic E-state index is 13.5. The van der Waals surface area contributed by atoms with Crippen molar-refractivity contribution < 1.29 is 22.4 Å². The third-order valence-electron chi connectivity index (χ3n) is 5.31. The minimum Gasteiger partial charge on any atom is -0.346 e. The molecule has 0 fully saturated rings. The van der Waals surface area contributed by atoms with Crippen LogP contribution in [0.5, 0.6) is 0 Å². The number of carbonyl (C=O) groups is 1. The fraction of sp³-hybridized carbons (Fsp3) is 0.120. The van der Waals surface area contributed by atoms with Crippen LogP contribution in [0.1, 0.15) is 27.2 Å². The average molecular weight is 533 g/mol. The first kappa shape index (κ1) is 25.8. The quantitative estimate of drug-likeness (QED) is 0.377. The van der Waals surface area contributed by atoms with Crippen molar-refractivity contribution in [1.82, 2.24) is 19.7 Å². The number of nitrogens with zero attached hydrogens (tertiary/aromatic N) is 3. The summed E-state index contributed by atoms with van der Waals surface area (Å²) in [5.74, 6) is -1.45. The van der Waals surface area contributed by atoms with E-state index in [0.29, 0.717) is 15.2 Å². The lowest BCUT2D eigenvalue weighted by atomic mass is 10.1. The third-order valence-corrected chi connectivity index (χ3v) is 5.56. The highest BCUT2D eigenvalue weighted by Crippen LogP contribution is 2.29. The normalized spacial score (nSPS) is 11.4. The molecule has 0 bridgehead atoms. The highest BCUT2D eigenvalue weighted by atomic mass is 35.5. The topological polar surface area (TPSA) is 86.0 Å². The summed E-state index contributed by atoms with van der Waals surface area (Å²) in [6.45, 7) is -0.549.